The van der Waals surface area contributed by atoms with E-state index in [1.807, 2.05) is 30.3 Å². The zero-order valence-corrected chi connectivity index (χ0v) is 10.9. The van der Waals surface area contributed by atoms with E-state index in [2.05, 4.69) is 0 Å². The van der Waals surface area contributed by atoms with Crippen molar-refractivity contribution in [3.8, 4) is 0 Å². The van der Waals surface area contributed by atoms with Gasteiger partial charge in [0.2, 0.25) is 0 Å². The lowest BCUT2D eigenvalue weighted by molar-refractivity contribution is -0.162. The van der Waals surface area contributed by atoms with Crippen molar-refractivity contribution in [2.24, 2.45) is 0 Å². The normalized spacial score (nSPS) is 31.6. The maximum Gasteiger partial charge on any atom is 0.331 e. The van der Waals surface area contributed by atoms with Gasteiger partial charge in [0.1, 0.15) is 12.2 Å². The third-order valence-corrected chi connectivity index (χ3v) is 3.35. The maximum absolute atomic E-state index is 11.4. The van der Waals surface area contributed by atoms with Gasteiger partial charge in [-0.05, 0) is 11.6 Å². The highest BCUT2D eigenvalue weighted by atomic mass is 16.6. The molecule has 1 aromatic rings. The highest BCUT2D eigenvalue weighted by molar-refractivity contribution is 5.83. The molecule has 0 aromatic heterocycles. The SMILES string of the molecule is CC(=O)O[C@H]1[C@@H]2OC(=O)C=C[C@@H]2O[C@@H]1c1ccccc1. The topological polar surface area (TPSA) is 61.8 Å². The number of benzene rings is 1. The molecule has 0 radical (unpaired) electrons. The molecule has 0 bridgehead atoms. The number of rotatable bonds is 2. The summed E-state index contributed by atoms with van der Waals surface area (Å²) in [6.45, 7) is 1.33. The summed E-state index contributed by atoms with van der Waals surface area (Å²) in [5, 5.41) is 0. The van der Waals surface area contributed by atoms with Gasteiger partial charge in [-0.3, -0.25) is 4.79 Å². The number of esters is 2. The minimum absolute atomic E-state index is 0.387. The van der Waals surface area contributed by atoms with Crippen molar-refractivity contribution in [3.05, 3.63) is 48.0 Å². The number of hydrogen-bond donors (Lipinski definition) is 0. The first-order chi connectivity index (χ1) is 9.65. The molecule has 1 aromatic carbocycles. The molecule has 104 valence electrons. The molecule has 0 amide bonds. The van der Waals surface area contributed by atoms with Gasteiger partial charge in [0.25, 0.3) is 0 Å². The summed E-state index contributed by atoms with van der Waals surface area (Å²) in [7, 11) is 0. The fraction of sp³-hybridized carbons (Fsp3) is 0.333. The van der Waals surface area contributed by atoms with Gasteiger partial charge >= 0.3 is 11.9 Å². The Kier molecular flexibility index (Phi) is 3.28. The summed E-state index contributed by atoms with van der Waals surface area (Å²) in [4.78, 5) is 22.7. The van der Waals surface area contributed by atoms with Crippen molar-refractivity contribution in [3.63, 3.8) is 0 Å². The van der Waals surface area contributed by atoms with Crippen LogP contribution in [-0.2, 0) is 23.8 Å². The van der Waals surface area contributed by atoms with Crippen LogP contribution in [-0.4, -0.2) is 30.3 Å². The average molecular weight is 274 g/mol. The standard InChI is InChI=1S/C15H14O5/c1-9(16)18-15-13(10-5-3-2-4-6-10)19-11-7-8-12(17)20-14(11)15/h2-8,11,13-15H,1H3/t11-,13+,14+,15+/m0/s1. The van der Waals surface area contributed by atoms with Crippen LogP contribution in [0.2, 0.25) is 0 Å². The largest absolute Gasteiger partial charge is 0.455 e. The van der Waals surface area contributed by atoms with Crippen LogP contribution in [0.1, 0.15) is 18.6 Å². The van der Waals surface area contributed by atoms with Crippen LogP contribution in [0.25, 0.3) is 0 Å². The van der Waals surface area contributed by atoms with Gasteiger partial charge in [0, 0.05) is 13.0 Å². The summed E-state index contributed by atoms with van der Waals surface area (Å²) in [5.74, 6) is -0.869. The third kappa shape index (κ3) is 2.32. The molecule has 1 fully saturated rings. The van der Waals surface area contributed by atoms with Crippen molar-refractivity contribution in [1.29, 1.82) is 0 Å². The Balaban J connectivity index is 1.92. The minimum Gasteiger partial charge on any atom is -0.455 e. The van der Waals surface area contributed by atoms with E-state index in [9.17, 15) is 9.59 Å². The first-order valence-corrected chi connectivity index (χ1v) is 6.41. The summed E-state index contributed by atoms with van der Waals surface area (Å²) in [6.07, 6.45) is 0.929. The molecule has 0 N–H and O–H groups in total. The molecule has 2 aliphatic heterocycles. The number of carbonyl (C=O) groups excluding carboxylic acids is 2. The average Bonchev–Trinajstić information content (AvgIpc) is 2.77. The predicted octanol–water partition coefficient (Wildman–Crippen LogP) is 1.54. The minimum atomic E-state index is -0.631. The molecule has 5 heteroatoms. The number of fused-ring (bicyclic) bond motifs is 1. The van der Waals surface area contributed by atoms with Gasteiger partial charge in [-0.1, -0.05) is 30.3 Å². The Labute approximate surface area is 116 Å². The van der Waals surface area contributed by atoms with Crippen molar-refractivity contribution in [1.82, 2.24) is 0 Å². The first-order valence-electron chi connectivity index (χ1n) is 6.41. The van der Waals surface area contributed by atoms with Crippen LogP contribution in [0.15, 0.2) is 42.5 Å². The maximum atomic E-state index is 11.4. The molecule has 1 saturated heterocycles. The fourth-order valence-electron chi connectivity index (χ4n) is 2.55. The Hall–Kier alpha value is -2.14. The van der Waals surface area contributed by atoms with Crippen molar-refractivity contribution < 1.29 is 23.8 Å². The lowest BCUT2D eigenvalue weighted by Crippen LogP contribution is -2.39. The second-order valence-electron chi connectivity index (χ2n) is 4.77. The third-order valence-electron chi connectivity index (χ3n) is 3.35. The predicted molar refractivity (Wildman–Crippen MR) is 68.6 cm³/mol. The van der Waals surface area contributed by atoms with E-state index in [1.165, 1.54) is 13.0 Å². The Morgan fingerprint density at radius 2 is 2.00 bits per heavy atom. The van der Waals surface area contributed by atoms with Gasteiger partial charge < -0.3 is 14.2 Å². The fourth-order valence-corrected chi connectivity index (χ4v) is 2.55. The van der Waals surface area contributed by atoms with E-state index >= 15 is 0 Å². The van der Waals surface area contributed by atoms with Gasteiger partial charge in [0.15, 0.2) is 12.2 Å². The number of hydrogen-bond acceptors (Lipinski definition) is 5. The van der Waals surface area contributed by atoms with Crippen LogP contribution in [0, 0.1) is 0 Å². The van der Waals surface area contributed by atoms with Crippen molar-refractivity contribution in [2.75, 3.05) is 0 Å². The van der Waals surface area contributed by atoms with Gasteiger partial charge in [-0.25, -0.2) is 4.79 Å². The van der Waals surface area contributed by atoms with E-state index in [0.717, 1.165) is 5.56 Å². The number of ether oxygens (including phenoxy) is 3. The van der Waals surface area contributed by atoms with E-state index in [4.69, 9.17) is 14.2 Å². The molecule has 3 rings (SSSR count). The zero-order valence-electron chi connectivity index (χ0n) is 10.9. The second-order valence-corrected chi connectivity index (χ2v) is 4.77. The van der Waals surface area contributed by atoms with Crippen LogP contribution >= 0.6 is 0 Å². The molecular formula is C15H14O5. The summed E-state index contributed by atoms with van der Waals surface area (Å²) < 4.78 is 16.4. The monoisotopic (exact) mass is 274 g/mol. The molecule has 0 spiro atoms. The molecule has 2 aliphatic rings. The van der Waals surface area contributed by atoms with Crippen LogP contribution in [0.5, 0.6) is 0 Å². The van der Waals surface area contributed by atoms with E-state index in [1.54, 1.807) is 6.08 Å². The molecule has 5 nitrogen and oxygen atoms in total. The van der Waals surface area contributed by atoms with Crippen LogP contribution in [0.4, 0.5) is 0 Å². The van der Waals surface area contributed by atoms with Crippen LogP contribution < -0.4 is 0 Å². The zero-order chi connectivity index (χ0) is 14.1. The Morgan fingerprint density at radius 1 is 1.25 bits per heavy atom. The quantitative estimate of drug-likeness (QED) is 0.765. The van der Waals surface area contributed by atoms with Crippen molar-refractivity contribution in [2.45, 2.75) is 31.3 Å². The Morgan fingerprint density at radius 3 is 2.70 bits per heavy atom. The van der Waals surface area contributed by atoms with Crippen LogP contribution in [0.3, 0.4) is 0 Å². The van der Waals surface area contributed by atoms with E-state index in [0.29, 0.717) is 0 Å². The summed E-state index contributed by atoms with van der Waals surface area (Å²) in [6, 6.07) is 9.45. The molecule has 0 aliphatic carbocycles. The smallest absolute Gasteiger partial charge is 0.331 e. The molecule has 0 saturated carbocycles. The molecule has 0 unspecified atom stereocenters. The molecule has 4 atom stereocenters. The van der Waals surface area contributed by atoms with Gasteiger partial charge in [-0.15, -0.1) is 0 Å². The summed E-state index contributed by atoms with van der Waals surface area (Å²) in [5.41, 5.74) is 0.887. The van der Waals surface area contributed by atoms with E-state index < -0.39 is 30.3 Å². The number of carbonyl (C=O) groups is 2. The van der Waals surface area contributed by atoms with Crippen molar-refractivity contribution >= 4 is 11.9 Å². The molecule has 2 heterocycles. The Bertz CT molecular complexity index is 551. The van der Waals surface area contributed by atoms with Gasteiger partial charge in [-0.2, -0.15) is 0 Å². The molecular weight excluding hydrogens is 260 g/mol. The first kappa shape index (κ1) is 12.9. The highest BCUT2D eigenvalue weighted by Crippen LogP contribution is 2.39. The lowest BCUT2D eigenvalue weighted by atomic mass is 10.00. The second kappa shape index (κ2) is 5.09. The van der Waals surface area contributed by atoms with Gasteiger partial charge in [0.05, 0.1) is 0 Å². The lowest BCUT2D eigenvalue weighted by Gasteiger charge is -2.24. The molecule has 20 heavy (non-hydrogen) atoms. The highest BCUT2D eigenvalue weighted by Gasteiger charge is 2.49. The van der Waals surface area contributed by atoms with E-state index in [-0.39, 0.29) is 6.10 Å². The summed E-state index contributed by atoms with van der Waals surface area (Å²) >= 11 is 0.